The Morgan fingerprint density at radius 1 is 1.36 bits per heavy atom. The first-order valence-electron chi connectivity index (χ1n) is 4.68. The van der Waals surface area contributed by atoms with Gasteiger partial charge in [0.05, 0.1) is 11.6 Å². The summed E-state index contributed by atoms with van der Waals surface area (Å²) in [6.45, 7) is 1.92. The third-order valence-electron chi connectivity index (χ3n) is 2.48. The molecule has 2 rings (SSSR count). The van der Waals surface area contributed by atoms with Crippen molar-refractivity contribution in [2.24, 2.45) is 0 Å². The van der Waals surface area contributed by atoms with Gasteiger partial charge < -0.3 is 0 Å². The normalized spacial score (nSPS) is 16.4. The fourth-order valence-corrected chi connectivity index (χ4v) is 1.74. The predicted molar refractivity (Wildman–Crippen MR) is 56.6 cm³/mol. The van der Waals surface area contributed by atoms with Gasteiger partial charge in [0.15, 0.2) is 0 Å². The van der Waals surface area contributed by atoms with Crippen LogP contribution in [0.4, 0.5) is 0 Å². The second-order valence-electron chi connectivity index (χ2n) is 3.58. The van der Waals surface area contributed by atoms with E-state index in [-0.39, 0.29) is 0 Å². The minimum absolute atomic E-state index is 0.772. The molecule has 1 aromatic rings. The molecule has 1 aromatic carbocycles. The van der Waals surface area contributed by atoms with Crippen LogP contribution in [0.25, 0.3) is 5.57 Å². The van der Waals surface area contributed by atoms with Crippen LogP contribution in [0.1, 0.15) is 11.1 Å². The van der Waals surface area contributed by atoms with E-state index in [9.17, 15) is 0 Å². The van der Waals surface area contributed by atoms with Crippen molar-refractivity contribution in [2.45, 2.75) is 0 Å². The monoisotopic (exact) mass is 184 g/mol. The number of hydrogen-bond acceptors (Lipinski definition) is 2. The van der Waals surface area contributed by atoms with Crippen molar-refractivity contribution in [3.05, 3.63) is 41.5 Å². The van der Waals surface area contributed by atoms with Gasteiger partial charge in [0.25, 0.3) is 0 Å². The Morgan fingerprint density at radius 3 is 2.79 bits per heavy atom. The molecule has 0 aromatic heterocycles. The molecule has 0 saturated heterocycles. The number of rotatable bonds is 1. The zero-order valence-electron chi connectivity index (χ0n) is 8.20. The molecular formula is C12H12N2. The average Bonchev–Trinajstić information content (AvgIpc) is 2.65. The van der Waals surface area contributed by atoms with Crippen LogP contribution >= 0.6 is 0 Å². The van der Waals surface area contributed by atoms with Crippen LogP contribution in [0.2, 0.25) is 0 Å². The third kappa shape index (κ3) is 1.55. The number of likely N-dealkylation sites (N-methyl/N-ethyl adjacent to an activating group) is 1. The highest BCUT2D eigenvalue weighted by atomic mass is 15.1. The predicted octanol–water partition coefficient (Wildman–Crippen LogP) is 1.89. The molecule has 0 unspecified atom stereocenters. The van der Waals surface area contributed by atoms with Crippen molar-refractivity contribution in [1.82, 2.24) is 4.90 Å². The molecule has 0 N–H and O–H groups in total. The second-order valence-corrected chi connectivity index (χ2v) is 3.58. The van der Waals surface area contributed by atoms with E-state index in [1.165, 1.54) is 5.57 Å². The molecule has 0 amide bonds. The summed E-state index contributed by atoms with van der Waals surface area (Å²) in [5.74, 6) is 0. The number of nitriles is 1. The molecule has 0 aliphatic carbocycles. The van der Waals surface area contributed by atoms with Crippen molar-refractivity contribution >= 4 is 5.57 Å². The van der Waals surface area contributed by atoms with Gasteiger partial charge in [-0.25, -0.2) is 0 Å². The summed E-state index contributed by atoms with van der Waals surface area (Å²) in [5, 5.41) is 8.95. The maximum absolute atomic E-state index is 8.95. The molecule has 70 valence electrons. The molecule has 2 nitrogen and oxygen atoms in total. The third-order valence-corrected chi connectivity index (χ3v) is 2.48. The van der Waals surface area contributed by atoms with Gasteiger partial charge in [-0.3, -0.25) is 4.90 Å². The minimum atomic E-state index is 0.772. The maximum atomic E-state index is 8.95. The lowest BCUT2D eigenvalue weighted by Gasteiger charge is -2.08. The summed E-state index contributed by atoms with van der Waals surface area (Å²) in [4.78, 5) is 2.23. The fourth-order valence-electron chi connectivity index (χ4n) is 1.74. The summed E-state index contributed by atoms with van der Waals surface area (Å²) >= 11 is 0. The molecule has 0 bridgehead atoms. The van der Waals surface area contributed by atoms with Crippen LogP contribution in [0.3, 0.4) is 0 Å². The molecular weight excluding hydrogens is 172 g/mol. The van der Waals surface area contributed by atoms with Gasteiger partial charge in [-0.05, 0) is 24.3 Å². The van der Waals surface area contributed by atoms with Crippen LogP contribution < -0.4 is 0 Å². The van der Waals surface area contributed by atoms with E-state index in [1.807, 2.05) is 24.3 Å². The molecule has 0 fully saturated rings. The number of nitrogens with zero attached hydrogens (tertiary/aromatic N) is 2. The van der Waals surface area contributed by atoms with E-state index in [1.54, 1.807) is 0 Å². The Hall–Kier alpha value is -1.59. The maximum Gasteiger partial charge on any atom is 0.0998 e. The SMILES string of the molecule is CN1CC=C(c2ccccc2C#N)C1. The largest absolute Gasteiger partial charge is 0.298 e. The Bertz CT molecular complexity index is 413. The smallest absolute Gasteiger partial charge is 0.0998 e. The van der Waals surface area contributed by atoms with E-state index < -0.39 is 0 Å². The summed E-state index contributed by atoms with van der Waals surface area (Å²) in [6, 6.07) is 10.0. The Balaban J connectivity index is 2.38. The fraction of sp³-hybridized carbons (Fsp3) is 0.250. The van der Waals surface area contributed by atoms with E-state index >= 15 is 0 Å². The second kappa shape index (κ2) is 3.65. The highest BCUT2D eigenvalue weighted by Gasteiger charge is 2.13. The van der Waals surface area contributed by atoms with E-state index in [2.05, 4.69) is 24.1 Å². The molecule has 14 heavy (non-hydrogen) atoms. The highest BCUT2D eigenvalue weighted by molar-refractivity contribution is 5.73. The van der Waals surface area contributed by atoms with Gasteiger partial charge >= 0.3 is 0 Å². The molecule has 0 spiro atoms. The minimum Gasteiger partial charge on any atom is -0.298 e. The molecule has 0 saturated carbocycles. The van der Waals surface area contributed by atoms with Crippen LogP contribution in [0.15, 0.2) is 30.3 Å². The van der Waals surface area contributed by atoms with Gasteiger partial charge in [0, 0.05) is 13.1 Å². The number of hydrogen-bond donors (Lipinski definition) is 0. The Kier molecular flexibility index (Phi) is 2.34. The lowest BCUT2D eigenvalue weighted by Crippen LogP contribution is -2.13. The highest BCUT2D eigenvalue weighted by Crippen LogP contribution is 2.22. The average molecular weight is 184 g/mol. The van der Waals surface area contributed by atoms with Crippen LogP contribution in [-0.2, 0) is 0 Å². The lowest BCUT2D eigenvalue weighted by atomic mass is 10.0. The zero-order valence-corrected chi connectivity index (χ0v) is 8.20. The van der Waals surface area contributed by atoms with Crippen LogP contribution in [0.5, 0.6) is 0 Å². The first kappa shape index (κ1) is 8.98. The zero-order chi connectivity index (χ0) is 9.97. The Labute approximate surface area is 84.1 Å². The molecule has 1 heterocycles. The van der Waals surface area contributed by atoms with Crippen molar-refractivity contribution in [1.29, 1.82) is 5.26 Å². The first-order chi connectivity index (χ1) is 6.81. The summed E-state index contributed by atoms with van der Waals surface area (Å²) in [7, 11) is 2.08. The Morgan fingerprint density at radius 2 is 2.14 bits per heavy atom. The molecule has 0 atom stereocenters. The molecule has 1 aliphatic heterocycles. The standard InChI is InChI=1S/C12H12N2/c1-14-7-6-11(9-14)12-5-3-2-4-10(12)8-13/h2-6H,7,9H2,1H3. The van der Waals surface area contributed by atoms with Crippen molar-refractivity contribution in [2.75, 3.05) is 20.1 Å². The van der Waals surface area contributed by atoms with E-state index in [4.69, 9.17) is 5.26 Å². The van der Waals surface area contributed by atoms with Gasteiger partial charge in [0.1, 0.15) is 0 Å². The first-order valence-corrected chi connectivity index (χ1v) is 4.68. The lowest BCUT2D eigenvalue weighted by molar-refractivity contribution is 0.438. The topological polar surface area (TPSA) is 27.0 Å². The van der Waals surface area contributed by atoms with Gasteiger partial charge in [0.2, 0.25) is 0 Å². The molecule has 0 radical (unpaired) electrons. The molecule has 2 heteroatoms. The van der Waals surface area contributed by atoms with E-state index in [0.29, 0.717) is 0 Å². The van der Waals surface area contributed by atoms with Crippen molar-refractivity contribution < 1.29 is 0 Å². The van der Waals surface area contributed by atoms with Crippen molar-refractivity contribution in [3.63, 3.8) is 0 Å². The van der Waals surface area contributed by atoms with Gasteiger partial charge in [-0.15, -0.1) is 0 Å². The van der Waals surface area contributed by atoms with Gasteiger partial charge in [-0.1, -0.05) is 24.3 Å². The summed E-state index contributed by atoms with van der Waals surface area (Å²) in [5.41, 5.74) is 3.12. The van der Waals surface area contributed by atoms with E-state index in [0.717, 1.165) is 24.2 Å². The molecule has 1 aliphatic rings. The summed E-state index contributed by atoms with van der Waals surface area (Å²) < 4.78 is 0. The summed E-state index contributed by atoms with van der Waals surface area (Å²) in [6.07, 6.45) is 2.19. The number of benzene rings is 1. The van der Waals surface area contributed by atoms with Crippen LogP contribution in [0, 0.1) is 11.3 Å². The van der Waals surface area contributed by atoms with Crippen molar-refractivity contribution in [3.8, 4) is 6.07 Å². The van der Waals surface area contributed by atoms with Crippen LogP contribution in [-0.4, -0.2) is 25.0 Å². The quantitative estimate of drug-likeness (QED) is 0.666. The van der Waals surface area contributed by atoms with Gasteiger partial charge in [-0.2, -0.15) is 5.26 Å².